The van der Waals surface area contributed by atoms with E-state index in [1.165, 1.54) is 7.11 Å². The maximum absolute atomic E-state index is 12.1. The molecule has 0 aliphatic carbocycles. The second kappa shape index (κ2) is 6.97. The monoisotopic (exact) mass is 297 g/mol. The third-order valence-corrected chi connectivity index (χ3v) is 3.45. The summed E-state index contributed by atoms with van der Waals surface area (Å²) in [6.07, 6.45) is -4.56. The quantitative estimate of drug-likeness (QED) is 0.560. The Labute approximate surface area is 122 Å². The molecule has 21 heavy (non-hydrogen) atoms. The maximum Gasteiger partial charge on any atom is 0.251 e. The normalized spacial score (nSPS) is 32.7. The number of methoxy groups -OCH3 is 1. The summed E-state index contributed by atoms with van der Waals surface area (Å²) < 4.78 is 10.4. The van der Waals surface area contributed by atoms with Crippen LogP contribution in [0.1, 0.15) is 10.4 Å². The average Bonchev–Trinajstić information content (AvgIpc) is 2.53. The van der Waals surface area contributed by atoms with Crippen molar-refractivity contribution in [1.29, 1.82) is 0 Å². The number of hydrogen-bond acceptors (Lipinski definition) is 6. The fraction of sp³-hybridized carbons (Fsp3) is 0.500. The second-order valence-electron chi connectivity index (χ2n) is 4.81. The van der Waals surface area contributed by atoms with E-state index in [1.807, 2.05) is 0 Å². The average molecular weight is 297 g/mol. The summed E-state index contributed by atoms with van der Waals surface area (Å²) >= 11 is 0. The first-order valence-electron chi connectivity index (χ1n) is 6.59. The van der Waals surface area contributed by atoms with Crippen molar-refractivity contribution >= 4 is 5.91 Å². The van der Waals surface area contributed by atoms with Crippen LogP contribution in [-0.2, 0) is 9.47 Å². The van der Waals surface area contributed by atoms with Gasteiger partial charge in [-0.2, -0.15) is 0 Å². The Kier molecular flexibility index (Phi) is 5.27. The van der Waals surface area contributed by atoms with Crippen molar-refractivity contribution in [2.24, 2.45) is 0 Å². The molecule has 7 heteroatoms. The van der Waals surface area contributed by atoms with Gasteiger partial charge in [0.15, 0.2) is 6.29 Å². The lowest BCUT2D eigenvalue weighted by Gasteiger charge is -2.41. The molecule has 7 nitrogen and oxygen atoms in total. The molecule has 1 aliphatic heterocycles. The number of benzene rings is 1. The predicted molar refractivity (Wildman–Crippen MR) is 72.5 cm³/mol. The number of hydrogen-bond donors (Lipinski definition) is 4. The lowest BCUT2D eigenvalue weighted by molar-refractivity contribution is -0.261. The summed E-state index contributed by atoms with van der Waals surface area (Å²) in [7, 11) is 1.35. The molecule has 0 bridgehead atoms. The van der Waals surface area contributed by atoms with E-state index in [-0.39, 0.29) is 0 Å². The number of carbonyl (C=O) groups is 1. The molecule has 0 aromatic heterocycles. The zero-order valence-corrected chi connectivity index (χ0v) is 11.5. The Morgan fingerprint density at radius 1 is 1.29 bits per heavy atom. The molecule has 1 aromatic carbocycles. The minimum atomic E-state index is -1.32. The lowest BCUT2D eigenvalue weighted by atomic mass is 9.96. The van der Waals surface area contributed by atoms with E-state index < -0.39 is 43.2 Å². The molecule has 5 atom stereocenters. The van der Waals surface area contributed by atoms with Crippen molar-refractivity contribution in [3.8, 4) is 0 Å². The number of rotatable bonds is 4. The van der Waals surface area contributed by atoms with Crippen LogP contribution in [0.4, 0.5) is 0 Å². The minimum absolute atomic E-state index is 0.415. The highest BCUT2D eigenvalue weighted by molar-refractivity contribution is 5.94. The fourth-order valence-electron chi connectivity index (χ4n) is 2.26. The van der Waals surface area contributed by atoms with Crippen LogP contribution in [0.5, 0.6) is 0 Å². The molecule has 1 saturated heterocycles. The Morgan fingerprint density at radius 3 is 2.52 bits per heavy atom. The van der Waals surface area contributed by atoms with Crippen molar-refractivity contribution in [1.82, 2.24) is 5.32 Å². The third kappa shape index (κ3) is 3.39. The number of carbonyl (C=O) groups excluding carboxylic acids is 1. The highest BCUT2D eigenvalue weighted by atomic mass is 16.7. The van der Waals surface area contributed by atoms with Gasteiger partial charge < -0.3 is 30.1 Å². The van der Waals surface area contributed by atoms with Gasteiger partial charge in [-0.3, -0.25) is 4.79 Å². The smallest absolute Gasteiger partial charge is 0.251 e. The Bertz CT molecular complexity index is 466. The van der Waals surface area contributed by atoms with E-state index in [4.69, 9.17) is 14.6 Å². The highest BCUT2D eigenvalue weighted by Crippen LogP contribution is 2.22. The summed E-state index contributed by atoms with van der Waals surface area (Å²) in [5.74, 6) is -0.417. The van der Waals surface area contributed by atoms with Gasteiger partial charge in [0.2, 0.25) is 0 Å². The maximum atomic E-state index is 12.1. The molecule has 1 aromatic rings. The van der Waals surface area contributed by atoms with Crippen LogP contribution >= 0.6 is 0 Å². The van der Waals surface area contributed by atoms with Gasteiger partial charge in [0.05, 0.1) is 6.61 Å². The molecule has 1 fully saturated rings. The van der Waals surface area contributed by atoms with Gasteiger partial charge in [-0.15, -0.1) is 0 Å². The molecule has 116 valence electrons. The summed E-state index contributed by atoms with van der Waals surface area (Å²) in [4.78, 5) is 12.1. The highest BCUT2D eigenvalue weighted by Gasteiger charge is 2.45. The van der Waals surface area contributed by atoms with E-state index in [9.17, 15) is 15.0 Å². The van der Waals surface area contributed by atoms with Gasteiger partial charge in [-0.25, -0.2) is 0 Å². The van der Waals surface area contributed by atoms with Crippen molar-refractivity contribution in [3.63, 3.8) is 0 Å². The number of nitrogens with one attached hydrogen (secondary N) is 1. The fourth-order valence-corrected chi connectivity index (χ4v) is 2.26. The van der Waals surface area contributed by atoms with E-state index in [1.54, 1.807) is 30.3 Å². The standard InChI is InChI=1S/C14H19NO6/c1-20-14-10(12(18)11(17)9(7-16)21-14)15-13(19)8-5-3-2-4-6-8/h2-6,9-12,14,16-18H,7H2,1H3,(H,15,19)/t9-,10-,11-,12-,14+/m1/s1. The SMILES string of the molecule is CO[C@H]1O[C@H](CO)[C@@H](O)[C@H](O)[C@H]1NC(=O)c1ccccc1. The summed E-state index contributed by atoms with van der Waals surface area (Å²) in [5, 5.41) is 31.6. The van der Waals surface area contributed by atoms with Crippen LogP contribution in [0.2, 0.25) is 0 Å². The third-order valence-electron chi connectivity index (χ3n) is 3.45. The zero-order chi connectivity index (χ0) is 15.4. The van der Waals surface area contributed by atoms with Gasteiger partial charge in [-0.05, 0) is 12.1 Å². The molecule has 0 spiro atoms. The molecule has 2 rings (SSSR count). The van der Waals surface area contributed by atoms with E-state index in [0.29, 0.717) is 5.56 Å². The molecule has 1 heterocycles. The van der Waals surface area contributed by atoms with Gasteiger partial charge in [0.1, 0.15) is 24.4 Å². The van der Waals surface area contributed by atoms with Gasteiger partial charge in [0.25, 0.3) is 5.91 Å². The molecule has 0 saturated carbocycles. The van der Waals surface area contributed by atoms with Crippen LogP contribution in [0.15, 0.2) is 30.3 Å². The van der Waals surface area contributed by atoms with Gasteiger partial charge in [-0.1, -0.05) is 18.2 Å². The lowest BCUT2D eigenvalue weighted by Crippen LogP contribution is -2.64. The van der Waals surface area contributed by atoms with Crippen LogP contribution in [0.3, 0.4) is 0 Å². The number of aliphatic hydroxyl groups is 3. The van der Waals surface area contributed by atoms with Crippen molar-refractivity contribution in [2.75, 3.05) is 13.7 Å². The molecular weight excluding hydrogens is 278 g/mol. The van der Waals surface area contributed by atoms with Crippen molar-refractivity contribution in [3.05, 3.63) is 35.9 Å². The first kappa shape index (κ1) is 15.9. The number of aliphatic hydroxyl groups excluding tert-OH is 3. The number of amides is 1. The Hall–Kier alpha value is -1.51. The van der Waals surface area contributed by atoms with Crippen LogP contribution in [0, 0.1) is 0 Å². The minimum Gasteiger partial charge on any atom is -0.394 e. The van der Waals surface area contributed by atoms with Crippen molar-refractivity contribution < 1.29 is 29.6 Å². The topological polar surface area (TPSA) is 108 Å². The van der Waals surface area contributed by atoms with Crippen LogP contribution in [-0.4, -0.2) is 65.6 Å². The van der Waals surface area contributed by atoms with Gasteiger partial charge in [0, 0.05) is 12.7 Å². The van der Waals surface area contributed by atoms with E-state index in [0.717, 1.165) is 0 Å². The summed E-state index contributed by atoms with van der Waals surface area (Å²) in [6.45, 7) is -0.461. The predicted octanol–water partition coefficient (Wildman–Crippen LogP) is -1.13. The molecule has 4 N–H and O–H groups in total. The zero-order valence-electron chi connectivity index (χ0n) is 11.5. The Morgan fingerprint density at radius 2 is 1.95 bits per heavy atom. The summed E-state index contributed by atoms with van der Waals surface area (Å²) in [5.41, 5.74) is 0.415. The van der Waals surface area contributed by atoms with E-state index >= 15 is 0 Å². The summed E-state index contributed by atoms with van der Waals surface area (Å²) in [6, 6.07) is 7.52. The number of ether oxygens (including phenoxy) is 2. The molecule has 0 unspecified atom stereocenters. The van der Waals surface area contributed by atoms with Crippen LogP contribution in [0.25, 0.3) is 0 Å². The molecule has 1 amide bonds. The van der Waals surface area contributed by atoms with Crippen molar-refractivity contribution in [2.45, 2.75) is 30.6 Å². The first-order valence-corrected chi connectivity index (χ1v) is 6.59. The van der Waals surface area contributed by atoms with E-state index in [2.05, 4.69) is 5.32 Å². The molecular formula is C14H19NO6. The molecule has 0 radical (unpaired) electrons. The van der Waals surface area contributed by atoms with Crippen LogP contribution < -0.4 is 5.32 Å². The first-order chi connectivity index (χ1) is 10.1. The molecule has 1 aliphatic rings. The second-order valence-corrected chi connectivity index (χ2v) is 4.81. The largest absolute Gasteiger partial charge is 0.394 e. The Balaban J connectivity index is 2.11. The van der Waals surface area contributed by atoms with Gasteiger partial charge >= 0.3 is 0 Å².